The van der Waals surface area contributed by atoms with Gasteiger partial charge in [0.1, 0.15) is 11.4 Å². The second kappa shape index (κ2) is 3.46. The number of aryl methyl sites for hydroxylation is 1. The number of hydrogen-bond donors (Lipinski definition) is 0. The zero-order valence-corrected chi connectivity index (χ0v) is 7.92. The molecule has 0 radical (unpaired) electrons. The van der Waals surface area contributed by atoms with Crippen molar-refractivity contribution in [1.82, 2.24) is 4.98 Å². The zero-order chi connectivity index (χ0) is 9.26. The Hall–Kier alpha value is -0.890. The van der Waals surface area contributed by atoms with Crippen LogP contribution in [0.15, 0.2) is 12.1 Å². The van der Waals surface area contributed by atoms with E-state index in [1.807, 2.05) is 6.07 Å². The SMILES string of the molecule is O=CC1CCCc2nc(Cl)ccc21. The van der Waals surface area contributed by atoms with Crippen molar-refractivity contribution in [3.05, 3.63) is 28.5 Å². The summed E-state index contributed by atoms with van der Waals surface area (Å²) in [7, 11) is 0. The van der Waals surface area contributed by atoms with Crippen LogP contribution < -0.4 is 0 Å². The van der Waals surface area contributed by atoms with Crippen molar-refractivity contribution in [2.45, 2.75) is 25.2 Å². The molecule has 0 spiro atoms. The molecule has 0 aliphatic heterocycles. The van der Waals surface area contributed by atoms with E-state index < -0.39 is 0 Å². The molecule has 0 N–H and O–H groups in total. The minimum atomic E-state index is 0.0357. The largest absolute Gasteiger partial charge is 0.303 e. The van der Waals surface area contributed by atoms with Gasteiger partial charge in [0.15, 0.2) is 0 Å². The molecule has 0 fully saturated rings. The molecule has 1 aromatic heterocycles. The fourth-order valence-corrected chi connectivity index (χ4v) is 1.97. The smallest absolute Gasteiger partial charge is 0.129 e. The van der Waals surface area contributed by atoms with E-state index in [9.17, 15) is 4.79 Å². The normalized spacial score (nSPS) is 20.8. The lowest BCUT2D eigenvalue weighted by molar-refractivity contribution is -0.109. The third-order valence-corrected chi connectivity index (χ3v) is 2.68. The van der Waals surface area contributed by atoms with Crippen molar-refractivity contribution in [1.29, 1.82) is 0 Å². The lowest BCUT2D eigenvalue weighted by Gasteiger charge is -2.19. The van der Waals surface area contributed by atoms with Gasteiger partial charge in [-0.2, -0.15) is 0 Å². The predicted octanol–water partition coefficient (Wildman–Crippen LogP) is 2.35. The van der Waals surface area contributed by atoms with Crippen LogP contribution in [-0.4, -0.2) is 11.3 Å². The van der Waals surface area contributed by atoms with E-state index in [1.54, 1.807) is 6.07 Å². The van der Waals surface area contributed by atoms with Crippen molar-refractivity contribution >= 4 is 17.9 Å². The molecule has 0 amide bonds. The van der Waals surface area contributed by atoms with E-state index in [4.69, 9.17) is 11.6 Å². The molecule has 13 heavy (non-hydrogen) atoms. The molecule has 68 valence electrons. The van der Waals surface area contributed by atoms with Crippen LogP contribution in [0.1, 0.15) is 30.0 Å². The summed E-state index contributed by atoms with van der Waals surface area (Å²) in [6, 6.07) is 3.67. The van der Waals surface area contributed by atoms with E-state index in [0.29, 0.717) is 5.15 Å². The molecular formula is C10H10ClNO. The maximum Gasteiger partial charge on any atom is 0.129 e. The maximum atomic E-state index is 10.7. The highest BCUT2D eigenvalue weighted by atomic mass is 35.5. The summed E-state index contributed by atoms with van der Waals surface area (Å²) in [4.78, 5) is 15.0. The van der Waals surface area contributed by atoms with Gasteiger partial charge in [-0.1, -0.05) is 17.7 Å². The molecule has 1 unspecified atom stereocenters. The number of pyridine rings is 1. The van der Waals surface area contributed by atoms with E-state index >= 15 is 0 Å². The van der Waals surface area contributed by atoms with Gasteiger partial charge in [-0.05, 0) is 30.9 Å². The Kier molecular flexibility index (Phi) is 2.32. The molecule has 3 heteroatoms. The molecule has 1 aromatic rings. The Bertz CT molecular complexity index is 338. The van der Waals surface area contributed by atoms with Crippen molar-refractivity contribution in [2.24, 2.45) is 0 Å². The van der Waals surface area contributed by atoms with Crippen LogP contribution in [0, 0.1) is 0 Å². The number of carbonyl (C=O) groups excluding carboxylic acids is 1. The topological polar surface area (TPSA) is 30.0 Å². The molecule has 2 nitrogen and oxygen atoms in total. The molecule has 1 heterocycles. The molecule has 0 aromatic carbocycles. The van der Waals surface area contributed by atoms with E-state index in [0.717, 1.165) is 36.8 Å². The van der Waals surface area contributed by atoms with E-state index in [1.165, 1.54) is 0 Å². The first-order valence-electron chi connectivity index (χ1n) is 4.42. The Morgan fingerprint density at radius 2 is 2.38 bits per heavy atom. The molecular weight excluding hydrogens is 186 g/mol. The highest BCUT2D eigenvalue weighted by Gasteiger charge is 2.20. The van der Waals surface area contributed by atoms with Gasteiger partial charge in [0, 0.05) is 11.6 Å². The summed E-state index contributed by atoms with van der Waals surface area (Å²) in [5.74, 6) is 0.0357. The summed E-state index contributed by atoms with van der Waals surface area (Å²) in [6.45, 7) is 0. The van der Waals surface area contributed by atoms with Crippen molar-refractivity contribution < 1.29 is 4.79 Å². The van der Waals surface area contributed by atoms with Crippen LogP contribution >= 0.6 is 11.6 Å². The fourth-order valence-electron chi connectivity index (χ4n) is 1.81. The molecule has 1 atom stereocenters. The van der Waals surface area contributed by atoms with Gasteiger partial charge in [0.2, 0.25) is 0 Å². The monoisotopic (exact) mass is 195 g/mol. The van der Waals surface area contributed by atoms with Gasteiger partial charge >= 0.3 is 0 Å². The lowest BCUT2D eigenvalue weighted by Crippen LogP contribution is -2.12. The van der Waals surface area contributed by atoms with Crippen molar-refractivity contribution in [3.63, 3.8) is 0 Å². The van der Waals surface area contributed by atoms with Gasteiger partial charge in [-0.15, -0.1) is 0 Å². The first kappa shape index (κ1) is 8.70. The third-order valence-electron chi connectivity index (χ3n) is 2.47. The number of halogens is 1. The number of aldehydes is 1. The number of rotatable bonds is 1. The second-order valence-electron chi connectivity index (χ2n) is 3.30. The van der Waals surface area contributed by atoms with Crippen molar-refractivity contribution in [2.75, 3.05) is 0 Å². The zero-order valence-electron chi connectivity index (χ0n) is 7.16. The van der Waals surface area contributed by atoms with Gasteiger partial charge in [0.05, 0.1) is 0 Å². The third kappa shape index (κ3) is 1.59. The molecule has 1 aliphatic carbocycles. The fraction of sp³-hybridized carbons (Fsp3) is 0.400. The van der Waals surface area contributed by atoms with Gasteiger partial charge in [0.25, 0.3) is 0 Å². The summed E-state index contributed by atoms with van der Waals surface area (Å²) < 4.78 is 0. The number of fused-ring (bicyclic) bond motifs is 1. The van der Waals surface area contributed by atoms with Crippen LogP contribution in [0.5, 0.6) is 0 Å². The number of carbonyl (C=O) groups is 1. The molecule has 1 aliphatic rings. The predicted molar refractivity (Wildman–Crippen MR) is 51.0 cm³/mol. The summed E-state index contributed by atoms with van der Waals surface area (Å²) in [5, 5.41) is 0.519. The van der Waals surface area contributed by atoms with E-state index in [2.05, 4.69) is 4.98 Å². The molecule has 2 rings (SSSR count). The van der Waals surface area contributed by atoms with Crippen LogP contribution in [0.3, 0.4) is 0 Å². The first-order valence-corrected chi connectivity index (χ1v) is 4.79. The first-order chi connectivity index (χ1) is 6.31. The quantitative estimate of drug-likeness (QED) is 0.509. The average Bonchev–Trinajstić information content (AvgIpc) is 2.16. The Morgan fingerprint density at radius 3 is 3.15 bits per heavy atom. The average molecular weight is 196 g/mol. The van der Waals surface area contributed by atoms with Crippen LogP contribution in [0.25, 0.3) is 0 Å². The number of nitrogens with zero attached hydrogens (tertiary/aromatic N) is 1. The Labute approximate surface area is 81.9 Å². The molecule has 0 saturated carbocycles. The Balaban J connectivity index is 2.45. The van der Waals surface area contributed by atoms with Gasteiger partial charge in [-0.3, -0.25) is 0 Å². The highest BCUT2D eigenvalue weighted by Crippen LogP contribution is 2.29. The standard InChI is InChI=1S/C10H10ClNO/c11-10-5-4-8-7(6-13)2-1-3-9(8)12-10/h4-7H,1-3H2. The van der Waals surface area contributed by atoms with Gasteiger partial charge < -0.3 is 4.79 Å². The molecule has 0 bridgehead atoms. The summed E-state index contributed by atoms with van der Waals surface area (Å²) in [6.07, 6.45) is 3.93. The van der Waals surface area contributed by atoms with E-state index in [-0.39, 0.29) is 5.92 Å². The second-order valence-corrected chi connectivity index (χ2v) is 3.69. The molecule has 0 saturated heterocycles. The Morgan fingerprint density at radius 1 is 1.54 bits per heavy atom. The van der Waals surface area contributed by atoms with Crippen LogP contribution in [0.4, 0.5) is 0 Å². The summed E-state index contributed by atoms with van der Waals surface area (Å²) in [5.41, 5.74) is 2.06. The minimum Gasteiger partial charge on any atom is -0.303 e. The van der Waals surface area contributed by atoms with Crippen LogP contribution in [-0.2, 0) is 11.2 Å². The van der Waals surface area contributed by atoms with Gasteiger partial charge in [-0.25, -0.2) is 4.98 Å². The number of aromatic nitrogens is 1. The van der Waals surface area contributed by atoms with Crippen molar-refractivity contribution in [3.8, 4) is 0 Å². The number of hydrogen-bond acceptors (Lipinski definition) is 2. The minimum absolute atomic E-state index is 0.0357. The summed E-state index contributed by atoms with van der Waals surface area (Å²) >= 11 is 5.77. The maximum absolute atomic E-state index is 10.7. The van der Waals surface area contributed by atoms with Crippen LogP contribution in [0.2, 0.25) is 5.15 Å². The highest BCUT2D eigenvalue weighted by molar-refractivity contribution is 6.29. The lowest BCUT2D eigenvalue weighted by atomic mass is 9.87.